The van der Waals surface area contributed by atoms with Crippen molar-refractivity contribution in [1.29, 1.82) is 5.26 Å². The number of amides is 2. The van der Waals surface area contributed by atoms with Crippen molar-refractivity contribution < 1.29 is 14.3 Å². The van der Waals surface area contributed by atoms with Gasteiger partial charge in [0.25, 0.3) is 0 Å². The predicted octanol–water partition coefficient (Wildman–Crippen LogP) is 1.12. The first-order valence-electron chi connectivity index (χ1n) is 7.84. The van der Waals surface area contributed by atoms with Gasteiger partial charge in [0.2, 0.25) is 17.7 Å². The van der Waals surface area contributed by atoms with Gasteiger partial charge in [-0.15, -0.1) is 0 Å². The highest BCUT2D eigenvalue weighted by Gasteiger charge is 2.58. The number of carbonyl (C=O) groups excluding carboxylic acids is 2. The van der Waals surface area contributed by atoms with Crippen molar-refractivity contribution >= 4 is 11.8 Å². The summed E-state index contributed by atoms with van der Waals surface area (Å²) >= 11 is 0. The topological polar surface area (TPSA) is 86.5 Å². The highest BCUT2D eigenvalue weighted by molar-refractivity contribution is 5.97. The standard InChI is InChI=1S/C17H20N4O3/c1-10-15(22)21-12(16(23)20(10)3)7-17(2,9-18)14(21)11-5-6-13(24-4)19-8-11/h5-6,8,10,12,14H,7H2,1-4H3/t10-,12+,14?,17-/m1/s1. The van der Waals surface area contributed by atoms with E-state index in [9.17, 15) is 14.9 Å². The van der Waals surface area contributed by atoms with Gasteiger partial charge in [-0.3, -0.25) is 9.59 Å². The summed E-state index contributed by atoms with van der Waals surface area (Å²) in [4.78, 5) is 32.7. The zero-order valence-electron chi connectivity index (χ0n) is 14.2. The van der Waals surface area contributed by atoms with Crippen LogP contribution in [0, 0.1) is 16.7 Å². The van der Waals surface area contributed by atoms with Crippen molar-refractivity contribution in [2.45, 2.75) is 38.4 Å². The number of carbonyl (C=O) groups is 2. The van der Waals surface area contributed by atoms with Crippen molar-refractivity contribution in [3.8, 4) is 11.9 Å². The Bertz CT molecular complexity index is 726. The first-order valence-corrected chi connectivity index (χ1v) is 7.84. The van der Waals surface area contributed by atoms with E-state index >= 15 is 0 Å². The van der Waals surface area contributed by atoms with Crippen molar-refractivity contribution in [3.63, 3.8) is 0 Å². The van der Waals surface area contributed by atoms with E-state index in [-0.39, 0.29) is 11.8 Å². The van der Waals surface area contributed by atoms with Gasteiger partial charge in [-0.2, -0.15) is 5.26 Å². The third-order valence-electron chi connectivity index (χ3n) is 5.20. The molecule has 126 valence electrons. The minimum Gasteiger partial charge on any atom is -0.481 e. The van der Waals surface area contributed by atoms with Crippen LogP contribution in [0.15, 0.2) is 18.3 Å². The summed E-state index contributed by atoms with van der Waals surface area (Å²) in [5.74, 6) is 0.204. The zero-order chi connectivity index (χ0) is 17.6. The summed E-state index contributed by atoms with van der Waals surface area (Å²) in [6.45, 7) is 3.51. The van der Waals surface area contributed by atoms with E-state index in [1.165, 1.54) is 12.0 Å². The number of hydrogen-bond donors (Lipinski definition) is 0. The van der Waals surface area contributed by atoms with E-state index in [0.717, 1.165) is 5.56 Å². The number of fused-ring (bicyclic) bond motifs is 1. The van der Waals surface area contributed by atoms with E-state index in [0.29, 0.717) is 12.3 Å². The van der Waals surface area contributed by atoms with Crippen molar-refractivity contribution in [2.75, 3.05) is 14.2 Å². The fourth-order valence-corrected chi connectivity index (χ4v) is 3.70. The third-order valence-corrected chi connectivity index (χ3v) is 5.20. The molecule has 0 spiro atoms. The number of ether oxygens (including phenoxy) is 1. The molecule has 0 saturated carbocycles. The maximum atomic E-state index is 12.9. The van der Waals surface area contributed by atoms with E-state index in [4.69, 9.17) is 4.74 Å². The lowest BCUT2D eigenvalue weighted by Crippen LogP contribution is -2.60. The van der Waals surface area contributed by atoms with Gasteiger partial charge in [0.05, 0.1) is 24.6 Å². The molecular weight excluding hydrogens is 308 g/mol. The van der Waals surface area contributed by atoms with Crippen LogP contribution in [0.25, 0.3) is 0 Å². The Morgan fingerprint density at radius 1 is 1.38 bits per heavy atom. The second-order valence-corrected chi connectivity index (χ2v) is 6.66. The summed E-state index contributed by atoms with van der Waals surface area (Å²) in [7, 11) is 3.16. The molecule has 3 rings (SSSR count). The van der Waals surface area contributed by atoms with Gasteiger partial charge in [0, 0.05) is 19.3 Å². The van der Waals surface area contributed by atoms with Crippen LogP contribution in [0.2, 0.25) is 0 Å². The molecule has 7 heteroatoms. The highest BCUT2D eigenvalue weighted by Crippen LogP contribution is 2.51. The molecule has 1 aromatic rings. The molecule has 3 heterocycles. The zero-order valence-corrected chi connectivity index (χ0v) is 14.2. The summed E-state index contributed by atoms with van der Waals surface area (Å²) in [6.07, 6.45) is 1.93. The smallest absolute Gasteiger partial charge is 0.246 e. The molecule has 0 aromatic carbocycles. The molecule has 2 amide bonds. The Labute approximate surface area is 140 Å². The first-order chi connectivity index (χ1) is 11.3. The number of likely N-dealkylation sites (N-methyl/N-ethyl adjacent to an activating group) is 1. The van der Waals surface area contributed by atoms with Crippen LogP contribution in [0.3, 0.4) is 0 Å². The van der Waals surface area contributed by atoms with Gasteiger partial charge in [-0.1, -0.05) is 0 Å². The van der Waals surface area contributed by atoms with Gasteiger partial charge in [-0.25, -0.2) is 4.98 Å². The van der Waals surface area contributed by atoms with Crippen LogP contribution in [0.4, 0.5) is 0 Å². The number of hydrogen-bond acceptors (Lipinski definition) is 5. The minimum atomic E-state index is -0.850. The normalized spacial score (nSPS) is 32.5. The molecule has 2 saturated heterocycles. The molecule has 0 aliphatic carbocycles. The lowest BCUT2D eigenvalue weighted by molar-refractivity contribution is -0.159. The summed E-state index contributed by atoms with van der Waals surface area (Å²) < 4.78 is 5.07. The van der Waals surface area contributed by atoms with Gasteiger partial charge in [0.1, 0.15) is 12.1 Å². The summed E-state index contributed by atoms with van der Waals surface area (Å²) in [5.41, 5.74) is -0.114. The van der Waals surface area contributed by atoms with Crippen LogP contribution < -0.4 is 4.74 Å². The monoisotopic (exact) mass is 328 g/mol. The third kappa shape index (κ3) is 2.13. The van der Waals surface area contributed by atoms with E-state index < -0.39 is 23.5 Å². The van der Waals surface area contributed by atoms with Gasteiger partial charge in [0.15, 0.2) is 0 Å². The first kappa shape index (κ1) is 16.2. The quantitative estimate of drug-likeness (QED) is 0.812. The molecule has 2 fully saturated rings. The van der Waals surface area contributed by atoms with Crippen LogP contribution in [-0.2, 0) is 9.59 Å². The maximum absolute atomic E-state index is 12.9. The fraction of sp³-hybridized carbons (Fsp3) is 0.529. The number of pyridine rings is 1. The number of methoxy groups -OCH3 is 1. The van der Waals surface area contributed by atoms with Crippen LogP contribution in [0.5, 0.6) is 5.88 Å². The number of nitriles is 1. The number of aromatic nitrogens is 1. The van der Waals surface area contributed by atoms with Crippen LogP contribution in [-0.4, -0.2) is 52.8 Å². The van der Waals surface area contributed by atoms with Gasteiger partial charge in [-0.05, 0) is 31.9 Å². The Kier molecular flexibility index (Phi) is 3.71. The molecule has 1 unspecified atom stereocenters. The van der Waals surface area contributed by atoms with Crippen molar-refractivity contribution in [1.82, 2.24) is 14.8 Å². The molecule has 7 nitrogen and oxygen atoms in total. The van der Waals surface area contributed by atoms with E-state index in [2.05, 4.69) is 11.1 Å². The Balaban J connectivity index is 2.09. The van der Waals surface area contributed by atoms with Crippen molar-refractivity contribution in [2.24, 2.45) is 5.41 Å². The lowest BCUT2D eigenvalue weighted by atomic mass is 9.80. The van der Waals surface area contributed by atoms with Gasteiger partial charge >= 0.3 is 0 Å². The molecule has 2 aliphatic heterocycles. The molecule has 4 atom stereocenters. The second-order valence-electron chi connectivity index (χ2n) is 6.66. The molecule has 0 bridgehead atoms. The maximum Gasteiger partial charge on any atom is 0.246 e. The lowest BCUT2D eigenvalue weighted by Gasteiger charge is -2.41. The van der Waals surface area contributed by atoms with E-state index in [1.807, 2.05) is 0 Å². The molecular formula is C17H20N4O3. The largest absolute Gasteiger partial charge is 0.481 e. The molecule has 1 aromatic heterocycles. The fourth-order valence-electron chi connectivity index (χ4n) is 3.70. The molecule has 2 aliphatic rings. The molecule has 0 N–H and O–H groups in total. The number of rotatable bonds is 2. The Morgan fingerprint density at radius 3 is 2.62 bits per heavy atom. The second kappa shape index (κ2) is 5.48. The van der Waals surface area contributed by atoms with Crippen LogP contribution in [0.1, 0.15) is 31.9 Å². The predicted molar refractivity (Wildman–Crippen MR) is 84.7 cm³/mol. The Hall–Kier alpha value is -2.62. The summed E-state index contributed by atoms with van der Waals surface area (Å²) in [6, 6.07) is 4.18. The number of nitrogens with zero attached hydrogens (tertiary/aromatic N) is 4. The molecule has 0 radical (unpaired) electrons. The SMILES string of the molecule is COc1ccc(C2N3C(=O)[C@@H](C)N(C)C(=O)[C@@H]3C[C@]2(C)C#N)cn1. The number of piperazine rings is 1. The minimum absolute atomic E-state index is 0.118. The van der Waals surface area contributed by atoms with Crippen LogP contribution >= 0.6 is 0 Å². The van der Waals surface area contributed by atoms with E-state index in [1.54, 1.807) is 44.1 Å². The van der Waals surface area contributed by atoms with Gasteiger partial charge < -0.3 is 14.5 Å². The van der Waals surface area contributed by atoms with Crippen molar-refractivity contribution in [3.05, 3.63) is 23.9 Å². The summed E-state index contributed by atoms with van der Waals surface area (Å²) in [5, 5.41) is 9.75. The average Bonchev–Trinajstić information content (AvgIpc) is 2.92. The molecule has 24 heavy (non-hydrogen) atoms. The highest BCUT2D eigenvalue weighted by atomic mass is 16.5. The Morgan fingerprint density at radius 2 is 2.08 bits per heavy atom. The average molecular weight is 328 g/mol.